The molecule has 0 spiro atoms. The largest absolute Gasteiger partial charge is 0.463 e. The van der Waals surface area contributed by atoms with Crippen LogP contribution in [0.3, 0.4) is 0 Å². The number of ether oxygens (including phenoxy) is 1. The molecule has 1 aromatic rings. The zero-order chi connectivity index (χ0) is 15.3. The summed E-state index contributed by atoms with van der Waals surface area (Å²) in [5, 5.41) is 0. The Bertz CT molecular complexity index is 459. The van der Waals surface area contributed by atoms with E-state index >= 15 is 0 Å². The maximum atomic E-state index is 5.51. The molecule has 0 radical (unpaired) electrons. The van der Waals surface area contributed by atoms with Crippen LogP contribution in [0, 0.1) is 5.41 Å². The molecule has 2 rings (SSSR count). The Balaban J connectivity index is 2.12. The number of hydrogen-bond acceptors (Lipinski definition) is 7. The van der Waals surface area contributed by atoms with Gasteiger partial charge in [-0.2, -0.15) is 15.0 Å². The summed E-state index contributed by atoms with van der Waals surface area (Å²) in [6, 6.07) is 0.332. The summed E-state index contributed by atoms with van der Waals surface area (Å²) in [6.45, 7) is 9.13. The van der Waals surface area contributed by atoms with Gasteiger partial charge in [-0.05, 0) is 24.7 Å². The maximum Gasteiger partial charge on any atom is 0.323 e. The van der Waals surface area contributed by atoms with E-state index in [0.717, 1.165) is 32.4 Å². The summed E-state index contributed by atoms with van der Waals surface area (Å²) in [7, 11) is 0. The number of piperidine rings is 1. The Morgan fingerprint density at radius 1 is 1.24 bits per heavy atom. The first-order valence-corrected chi connectivity index (χ1v) is 7.70. The molecule has 0 unspecified atom stereocenters. The van der Waals surface area contributed by atoms with Crippen molar-refractivity contribution in [2.45, 2.75) is 46.5 Å². The van der Waals surface area contributed by atoms with Crippen molar-refractivity contribution in [2.75, 3.05) is 30.0 Å². The van der Waals surface area contributed by atoms with E-state index in [9.17, 15) is 0 Å². The number of nitrogens with one attached hydrogen (secondary N) is 1. The van der Waals surface area contributed by atoms with E-state index in [0.29, 0.717) is 29.9 Å². The predicted octanol–water partition coefficient (Wildman–Crippen LogP) is 1.96. The summed E-state index contributed by atoms with van der Waals surface area (Å²) in [4.78, 5) is 15.0. The van der Waals surface area contributed by atoms with Gasteiger partial charge in [-0.15, -0.1) is 0 Å². The number of hydrazine groups is 1. The molecule has 0 aliphatic carbocycles. The molecule has 1 saturated heterocycles. The molecule has 3 N–H and O–H groups in total. The van der Waals surface area contributed by atoms with Crippen molar-refractivity contribution in [3.63, 3.8) is 0 Å². The number of anilines is 2. The van der Waals surface area contributed by atoms with Crippen LogP contribution < -0.4 is 20.9 Å². The fraction of sp³-hybridized carbons (Fsp3) is 0.786. The van der Waals surface area contributed by atoms with Gasteiger partial charge in [0, 0.05) is 13.1 Å². The van der Waals surface area contributed by atoms with Crippen molar-refractivity contribution in [1.82, 2.24) is 15.0 Å². The monoisotopic (exact) mass is 294 g/mol. The van der Waals surface area contributed by atoms with Gasteiger partial charge in [-0.1, -0.05) is 27.2 Å². The van der Waals surface area contributed by atoms with Crippen molar-refractivity contribution in [3.05, 3.63) is 0 Å². The predicted molar refractivity (Wildman–Crippen MR) is 83.3 cm³/mol. The molecule has 1 aliphatic heterocycles. The standard InChI is InChI=1S/C14H26N6O/c1-4-10-21-13-17-11(19-15)16-12(18-13)20-8-6-14(3,5-2)7-9-20/h4-10,15H2,1-3H3,(H,16,17,18,19). The van der Waals surface area contributed by atoms with Gasteiger partial charge in [0.15, 0.2) is 0 Å². The Morgan fingerprint density at radius 2 is 1.95 bits per heavy atom. The van der Waals surface area contributed by atoms with Crippen LogP contribution >= 0.6 is 0 Å². The molecule has 0 amide bonds. The summed E-state index contributed by atoms with van der Waals surface area (Å²) < 4.78 is 5.51. The first-order chi connectivity index (χ1) is 10.1. The lowest BCUT2D eigenvalue weighted by atomic mass is 9.78. The SMILES string of the molecule is CCCOc1nc(NN)nc(N2CCC(C)(CC)CC2)n1. The van der Waals surface area contributed by atoms with Gasteiger partial charge in [-0.25, -0.2) is 5.84 Å². The third-order valence-corrected chi connectivity index (χ3v) is 4.27. The quantitative estimate of drug-likeness (QED) is 0.612. The Hall–Kier alpha value is -1.63. The minimum Gasteiger partial charge on any atom is -0.463 e. The molecular formula is C14H26N6O. The molecule has 1 aliphatic rings. The van der Waals surface area contributed by atoms with Gasteiger partial charge in [0.2, 0.25) is 11.9 Å². The smallest absolute Gasteiger partial charge is 0.323 e. The second kappa shape index (κ2) is 6.89. The molecule has 0 bridgehead atoms. The Kier molecular flexibility index (Phi) is 5.17. The molecule has 7 nitrogen and oxygen atoms in total. The Labute approximate surface area is 126 Å². The number of hydrogen-bond donors (Lipinski definition) is 2. The lowest BCUT2D eigenvalue weighted by Crippen LogP contribution is -2.39. The van der Waals surface area contributed by atoms with E-state index < -0.39 is 0 Å². The fourth-order valence-electron chi connectivity index (χ4n) is 2.41. The average molecular weight is 294 g/mol. The van der Waals surface area contributed by atoms with Crippen LogP contribution in [0.1, 0.15) is 46.5 Å². The highest BCUT2D eigenvalue weighted by molar-refractivity contribution is 5.38. The molecule has 0 aromatic carbocycles. The molecule has 0 saturated carbocycles. The number of nitrogen functional groups attached to an aromatic ring is 1. The number of rotatable bonds is 6. The molecule has 0 atom stereocenters. The number of aromatic nitrogens is 3. The fourth-order valence-corrected chi connectivity index (χ4v) is 2.41. The third-order valence-electron chi connectivity index (χ3n) is 4.27. The van der Waals surface area contributed by atoms with E-state index in [1.54, 1.807) is 0 Å². The van der Waals surface area contributed by atoms with Crippen LogP contribution in [0.15, 0.2) is 0 Å². The first kappa shape index (κ1) is 15.8. The lowest BCUT2D eigenvalue weighted by molar-refractivity contribution is 0.236. The molecule has 21 heavy (non-hydrogen) atoms. The third kappa shape index (κ3) is 3.93. The van der Waals surface area contributed by atoms with Gasteiger partial charge in [0.05, 0.1) is 6.61 Å². The molecule has 118 valence electrons. The van der Waals surface area contributed by atoms with Crippen LogP contribution in [0.4, 0.5) is 11.9 Å². The van der Waals surface area contributed by atoms with Crippen LogP contribution in [0.5, 0.6) is 6.01 Å². The van der Waals surface area contributed by atoms with Crippen LogP contribution in [0.2, 0.25) is 0 Å². The highest BCUT2D eigenvalue weighted by Gasteiger charge is 2.29. The van der Waals surface area contributed by atoms with Crippen molar-refractivity contribution in [3.8, 4) is 6.01 Å². The van der Waals surface area contributed by atoms with E-state index in [-0.39, 0.29) is 0 Å². The zero-order valence-corrected chi connectivity index (χ0v) is 13.2. The van der Waals surface area contributed by atoms with Crippen LogP contribution in [0.25, 0.3) is 0 Å². The summed E-state index contributed by atoms with van der Waals surface area (Å²) in [5.74, 6) is 6.42. The van der Waals surface area contributed by atoms with Gasteiger partial charge in [0.1, 0.15) is 0 Å². The number of nitrogens with two attached hydrogens (primary N) is 1. The second-order valence-corrected chi connectivity index (χ2v) is 5.89. The highest BCUT2D eigenvalue weighted by atomic mass is 16.5. The summed E-state index contributed by atoms with van der Waals surface area (Å²) in [5.41, 5.74) is 2.91. The minimum absolute atomic E-state index is 0.332. The first-order valence-electron chi connectivity index (χ1n) is 7.70. The van der Waals surface area contributed by atoms with Gasteiger partial charge in [-0.3, -0.25) is 5.43 Å². The highest BCUT2D eigenvalue weighted by Crippen LogP contribution is 2.35. The summed E-state index contributed by atoms with van der Waals surface area (Å²) >= 11 is 0. The average Bonchev–Trinajstić information content (AvgIpc) is 2.53. The molecule has 2 heterocycles. The molecule has 1 fully saturated rings. The second-order valence-electron chi connectivity index (χ2n) is 5.89. The molecule has 7 heteroatoms. The topological polar surface area (TPSA) is 89.2 Å². The maximum absolute atomic E-state index is 5.51. The van der Waals surface area contributed by atoms with Crippen molar-refractivity contribution >= 4 is 11.9 Å². The van der Waals surface area contributed by atoms with Gasteiger partial charge in [0.25, 0.3) is 0 Å². The lowest BCUT2D eigenvalue weighted by Gasteiger charge is -2.38. The Morgan fingerprint density at radius 3 is 2.52 bits per heavy atom. The van der Waals surface area contributed by atoms with E-state index in [1.165, 1.54) is 6.42 Å². The molecule has 1 aromatic heterocycles. The minimum atomic E-state index is 0.332. The van der Waals surface area contributed by atoms with Crippen molar-refractivity contribution in [2.24, 2.45) is 11.3 Å². The van der Waals surface area contributed by atoms with E-state index in [4.69, 9.17) is 10.6 Å². The van der Waals surface area contributed by atoms with E-state index in [1.807, 2.05) is 6.92 Å². The van der Waals surface area contributed by atoms with Gasteiger partial charge >= 0.3 is 6.01 Å². The van der Waals surface area contributed by atoms with Crippen LogP contribution in [-0.4, -0.2) is 34.6 Å². The van der Waals surface area contributed by atoms with Crippen molar-refractivity contribution in [1.29, 1.82) is 0 Å². The summed E-state index contributed by atoms with van der Waals surface area (Å²) in [6.07, 6.45) is 4.40. The van der Waals surface area contributed by atoms with Gasteiger partial charge < -0.3 is 9.64 Å². The van der Waals surface area contributed by atoms with Crippen LogP contribution in [-0.2, 0) is 0 Å². The number of nitrogens with zero attached hydrogens (tertiary/aromatic N) is 4. The normalized spacial score (nSPS) is 17.6. The zero-order valence-electron chi connectivity index (χ0n) is 13.2. The van der Waals surface area contributed by atoms with E-state index in [2.05, 4.69) is 39.1 Å². The van der Waals surface area contributed by atoms with Crippen molar-refractivity contribution < 1.29 is 4.74 Å². The molecular weight excluding hydrogens is 268 g/mol.